The lowest BCUT2D eigenvalue weighted by atomic mass is 9.94. The van der Waals surface area contributed by atoms with Crippen LogP contribution >= 0.6 is 0 Å². The first-order chi connectivity index (χ1) is 13.2. The second-order valence-electron chi connectivity index (χ2n) is 6.96. The highest BCUT2D eigenvalue weighted by molar-refractivity contribution is 5.87. The molecule has 0 radical (unpaired) electrons. The van der Waals surface area contributed by atoms with E-state index in [0.29, 0.717) is 5.56 Å². The fourth-order valence-corrected chi connectivity index (χ4v) is 3.34. The van der Waals surface area contributed by atoms with Crippen LogP contribution in [0.1, 0.15) is 46.8 Å². The average Bonchev–Trinajstić information content (AvgIpc) is 2.71. The third-order valence-corrected chi connectivity index (χ3v) is 4.99. The van der Waals surface area contributed by atoms with E-state index in [-0.39, 0.29) is 0 Å². The molecule has 0 atom stereocenters. The molecule has 0 unspecified atom stereocenters. The lowest BCUT2D eigenvalue weighted by Crippen LogP contribution is -1.98. The van der Waals surface area contributed by atoms with Crippen LogP contribution in [0.3, 0.4) is 0 Å². The lowest BCUT2D eigenvalue weighted by Gasteiger charge is -2.11. The number of hydrogen-bond donors (Lipinski definition) is 1. The van der Waals surface area contributed by atoms with E-state index in [9.17, 15) is 4.79 Å². The van der Waals surface area contributed by atoms with Crippen molar-refractivity contribution in [1.82, 2.24) is 0 Å². The molecule has 0 aliphatic heterocycles. The first-order valence-corrected chi connectivity index (χ1v) is 9.67. The second kappa shape index (κ2) is 9.18. The standard InChI is InChI=1S/C25H26O2/c1-2-3-6-19-9-15-22(16-10-19)24-8-5-4-7-21(24)14-11-20-12-17-23(18-13-20)25(26)27/h4-5,7-10,12-13,15-18H,2-3,6,11,14H2,1H3,(H,26,27). The summed E-state index contributed by atoms with van der Waals surface area (Å²) in [6.07, 6.45) is 5.42. The van der Waals surface area contributed by atoms with E-state index in [1.165, 1.54) is 35.1 Å². The molecule has 3 aromatic rings. The minimum absolute atomic E-state index is 0.335. The van der Waals surface area contributed by atoms with Gasteiger partial charge in [-0.3, -0.25) is 0 Å². The Kier molecular flexibility index (Phi) is 6.43. The largest absolute Gasteiger partial charge is 0.478 e. The zero-order chi connectivity index (χ0) is 19.1. The van der Waals surface area contributed by atoms with E-state index in [1.54, 1.807) is 12.1 Å². The van der Waals surface area contributed by atoms with Gasteiger partial charge in [-0.1, -0.05) is 74.0 Å². The van der Waals surface area contributed by atoms with Crippen molar-refractivity contribution in [3.8, 4) is 11.1 Å². The van der Waals surface area contributed by atoms with Gasteiger partial charge in [-0.05, 0) is 65.6 Å². The van der Waals surface area contributed by atoms with Crippen LogP contribution in [-0.4, -0.2) is 11.1 Å². The van der Waals surface area contributed by atoms with Crippen LogP contribution in [-0.2, 0) is 19.3 Å². The molecule has 0 saturated carbocycles. The Morgan fingerprint density at radius 2 is 1.41 bits per heavy atom. The summed E-state index contributed by atoms with van der Waals surface area (Å²) in [7, 11) is 0. The molecule has 0 spiro atoms. The van der Waals surface area contributed by atoms with Crippen molar-refractivity contribution in [3.05, 3.63) is 95.1 Å². The number of benzene rings is 3. The molecule has 3 aromatic carbocycles. The predicted octanol–water partition coefficient (Wildman–Crippen LogP) is 6.18. The molecule has 0 aliphatic rings. The van der Waals surface area contributed by atoms with Gasteiger partial charge in [0.2, 0.25) is 0 Å². The molecule has 0 amide bonds. The third kappa shape index (κ3) is 5.07. The minimum Gasteiger partial charge on any atom is -0.478 e. The van der Waals surface area contributed by atoms with Gasteiger partial charge >= 0.3 is 5.97 Å². The van der Waals surface area contributed by atoms with Crippen molar-refractivity contribution in [2.75, 3.05) is 0 Å². The van der Waals surface area contributed by atoms with Gasteiger partial charge in [-0.25, -0.2) is 4.79 Å². The fourth-order valence-electron chi connectivity index (χ4n) is 3.34. The first kappa shape index (κ1) is 18.9. The molecule has 2 nitrogen and oxygen atoms in total. The molecule has 0 bridgehead atoms. The summed E-state index contributed by atoms with van der Waals surface area (Å²) >= 11 is 0. The van der Waals surface area contributed by atoms with Crippen LogP contribution in [0.2, 0.25) is 0 Å². The Balaban J connectivity index is 1.73. The zero-order valence-corrected chi connectivity index (χ0v) is 15.8. The van der Waals surface area contributed by atoms with Crippen molar-refractivity contribution >= 4 is 5.97 Å². The summed E-state index contributed by atoms with van der Waals surface area (Å²) in [5, 5.41) is 9.01. The van der Waals surface area contributed by atoms with Gasteiger partial charge in [0, 0.05) is 0 Å². The average molecular weight is 358 g/mol. The minimum atomic E-state index is -0.880. The zero-order valence-electron chi connectivity index (χ0n) is 15.8. The van der Waals surface area contributed by atoms with Crippen molar-refractivity contribution < 1.29 is 9.90 Å². The van der Waals surface area contributed by atoms with Crippen LogP contribution in [0.15, 0.2) is 72.8 Å². The third-order valence-electron chi connectivity index (χ3n) is 4.99. The van der Waals surface area contributed by atoms with Crippen LogP contribution in [0.5, 0.6) is 0 Å². The molecular weight excluding hydrogens is 332 g/mol. The smallest absolute Gasteiger partial charge is 0.335 e. The summed E-state index contributed by atoms with van der Waals surface area (Å²) in [5.74, 6) is -0.880. The highest BCUT2D eigenvalue weighted by Crippen LogP contribution is 2.25. The molecule has 0 aromatic heterocycles. The maximum atomic E-state index is 11.0. The number of unbranched alkanes of at least 4 members (excludes halogenated alkanes) is 1. The number of hydrogen-bond acceptors (Lipinski definition) is 1. The van der Waals surface area contributed by atoms with Gasteiger partial charge < -0.3 is 5.11 Å². The van der Waals surface area contributed by atoms with E-state index in [2.05, 4.69) is 55.5 Å². The normalized spacial score (nSPS) is 10.7. The Morgan fingerprint density at radius 3 is 2.07 bits per heavy atom. The van der Waals surface area contributed by atoms with Crippen molar-refractivity contribution in [1.29, 1.82) is 0 Å². The van der Waals surface area contributed by atoms with Gasteiger partial charge in [0.15, 0.2) is 0 Å². The molecule has 3 rings (SSSR count). The molecule has 0 aliphatic carbocycles. The van der Waals surface area contributed by atoms with E-state index in [0.717, 1.165) is 24.8 Å². The van der Waals surface area contributed by atoms with Crippen molar-refractivity contribution in [2.45, 2.75) is 39.0 Å². The van der Waals surface area contributed by atoms with E-state index in [4.69, 9.17) is 5.11 Å². The summed E-state index contributed by atoms with van der Waals surface area (Å²) in [4.78, 5) is 11.0. The second-order valence-corrected chi connectivity index (χ2v) is 6.96. The van der Waals surface area contributed by atoms with E-state index >= 15 is 0 Å². The molecule has 27 heavy (non-hydrogen) atoms. The molecule has 1 N–H and O–H groups in total. The lowest BCUT2D eigenvalue weighted by molar-refractivity contribution is 0.0697. The van der Waals surface area contributed by atoms with Crippen LogP contribution in [0, 0.1) is 0 Å². The van der Waals surface area contributed by atoms with Crippen molar-refractivity contribution in [3.63, 3.8) is 0 Å². The number of aryl methyl sites for hydroxylation is 3. The van der Waals surface area contributed by atoms with Crippen LogP contribution < -0.4 is 0 Å². The Morgan fingerprint density at radius 1 is 0.778 bits per heavy atom. The summed E-state index contributed by atoms with van der Waals surface area (Å²) in [5.41, 5.74) is 6.75. The Labute approximate surface area is 161 Å². The quantitative estimate of drug-likeness (QED) is 0.522. The molecule has 0 saturated heterocycles. The number of carboxylic acids is 1. The van der Waals surface area contributed by atoms with Gasteiger partial charge in [0.1, 0.15) is 0 Å². The molecule has 0 fully saturated rings. The monoisotopic (exact) mass is 358 g/mol. The number of carboxylic acid groups (broad SMARTS) is 1. The Bertz CT molecular complexity index is 877. The van der Waals surface area contributed by atoms with E-state index < -0.39 is 5.97 Å². The number of rotatable bonds is 8. The fraction of sp³-hybridized carbons (Fsp3) is 0.240. The molecular formula is C25H26O2. The van der Waals surface area contributed by atoms with Crippen LogP contribution in [0.4, 0.5) is 0 Å². The summed E-state index contributed by atoms with van der Waals surface area (Å²) in [6.45, 7) is 2.22. The summed E-state index contributed by atoms with van der Waals surface area (Å²) < 4.78 is 0. The first-order valence-electron chi connectivity index (χ1n) is 9.67. The van der Waals surface area contributed by atoms with E-state index in [1.807, 2.05) is 12.1 Å². The summed E-state index contributed by atoms with van der Waals surface area (Å²) in [6, 6.07) is 24.7. The highest BCUT2D eigenvalue weighted by atomic mass is 16.4. The molecule has 0 heterocycles. The maximum absolute atomic E-state index is 11.0. The van der Waals surface area contributed by atoms with Gasteiger partial charge in [-0.15, -0.1) is 0 Å². The Hall–Kier alpha value is -2.87. The number of aromatic carboxylic acids is 1. The van der Waals surface area contributed by atoms with Gasteiger partial charge in [0.25, 0.3) is 0 Å². The van der Waals surface area contributed by atoms with Gasteiger partial charge in [-0.2, -0.15) is 0 Å². The van der Waals surface area contributed by atoms with Crippen molar-refractivity contribution in [2.24, 2.45) is 0 Å². The molecule has 2 heteroatoms. The van der Waals surface area contributed by atoms with Crippen LogP contribution in [0.25, 0.3) is 11.1 Å². The maximum Gasteiger partial charge on any atom is 0.335 e. The van der Waals surface area contributed by atoms with Gasteiger partial charge in [0.05, 0.1) is 5.56 Å². The highest BCUT2D eigenvalue weighted by Gasteiger charge is 2.06. The SMILES string of the molecule is CCCCc1ccc(-c2ccccc2CCc2ccc(C(=O)O)cc2)cc1. The predicted molar refractivity (Wildman–Crippen MR) is 111 cm³/mol. The molecule has 138 valence electrons. The number of carbonyl (C=O) groups is 1. The topological polar surface area (TPSA) is 37.3 Å².